The van der Waals surface area contributed by atoms with Crippen LogP contribution in [0.15, 0.2) is 54.7 Å². The Hall–Kier alpha value is -3.16. The summed E-state index contributed by atoms with van der Waals surface area (Å²) in [6, 6.07) is 15.3. The van der Waals surface area contributed by atoms with E-state index in [0.29, 0.717) is 6.42 Å². The molecule has 1 aliphatic heterocycles. The molecule has 7 heteroatoms. The molecule has 3 aromatic rings. The van der Waals surface area contributed by atoms with Crippen LogP contribution in [0.1, 0.15) is 18.1 Å². The first kappa shape index (κ1) is 22.0. The van der Waals surface area contributed by atoms with E-state index in [-0.39, 0.29) is 11.8 Å². The van der Waals surface area contributed by atoms with Gasteiger partial charge in [0.05, 0.1) is 0 Å². The maximum absolute atomic E-state index is 13.1. The average molecular weight is 434 g/mol. The number of fused-ring (bicyclic) bond motifs is 1. The molecule has 1 aromatic heterocycles. The first-order valence-corrected chi connectivity index (χ1v) is 11.1. The van der Waals surface area contributed by atoms with E-state index in [2.05, 4.69) is 38.5 Å². The summed E-state index contributed by atoms with van der Waals surface area (Å²) >= 11 is 0. The molecule has 2 amide bonds. The fourth-order valence-corrected chi connectivity index (χ4v) is 4.22. The van der Waals surface area contributed by atoms with Crippen LogP contribution in [0.25, 0.3) is 10.9 Å². The molecule has 1 aliphatic rings. The molecule has 0 saturated carbocycles. The molecule has 3 N–H and O–H groups in total. The molecule has 0 radical (unpaired) electrons. The van der Waals surface area contributed by atoms with Crippen molar-refractivity contribution in [3.05, 3.63) is 65.9 Å². The molecule has 1 unspecified atom stereocenters. The summed E-state index contributed by atoms with van der Waals surface area (Å²) in [6.45, 7) is 6.53. The number of carbonyl (C=O) groups is 2. The lowest BCUT2D eigenvalue weighted by molar-refractivity contribution is -0.125. The molecule has 0 spiro atoms. The van der Waals surface area contributed by atoms with Gasteiger partial charge in [-0.05, 0) is 36.4 Å². The fourth-order valence-electron chi connectivity index (χ4n) is 4.22. The van der Waals surface area contributed by atoms with Crippen molar-refractivity contribution in [3.8, 4) is 0 Å². The van der Waals surface area contributed by atoms with E-state index in [9.17, 15) is 9.59 Å². The minimum atomic E-state index is -0.659. The third-order valence-corrected chi connectivity index (χ3v) is 5.99. The average Bonchev–Trinajstić information content (AvgIpc) is 3.18. The Bertz CT molecular complexity index is 1080. The highest BCUT2D eigenvalue weighted by atomic mass is 16.2. The maximum Gasteiger partial charge on any atom is 0.247 e. The first-order chi connectivity index (χ1) is 15.5. The number of nitrogens with one attached hydrogen (secondary N) is 3. The lowest BCUT2D eigenvalue weighted by atomic mass is 10.0. The van der Waals surface area contributed by atoms with Crippen LogP contribution in [-0.4, -0.2) is 65.9 Å². The Morgan fingerprint density at radius 3 is 2.62 bits per heavy atom. The lowest BCUT2D eigenvalue weighted by Crippen LogP contribution is -2.44. The zero-order chi connectivity index (χ0) is 22.5. The topological polar surface area (TPSA) is 80.5 Å². The number of amides is 2. The summed E-state index contributed by atoms with van der Waals surface area (Å²) < 4.78 is 0. The van der Waals surface area contributed by atoms with Crippen LogP contribution < -0.4 is 10.6 Å². The molecule has 0 bridgehead atoms. The van der Waals surface area contributed by atoms with Crippen molar-refractivity contribution >= 4 is 28.4 Å². The molecular formula is C25H31N5O2. The van der Waals surface area contributed by atoms with Crippen LogP contribution in [-0.2, 0) is 22.6 Å². The molecule has 2 aromatic carbocycles. The van der Waals surface area contributed by atoms with Gasteiger partial charge in [-0.1, -0.05) is 30.3 Å². The Balaban J connectivity index is 1.44. The van der Waals surface area contributed by atoms with Crippen molar-refractivity contribution in [2.75, 3.05) is 38.5 Å². The van der Waals surface area contributed by atoms with E-state index in [1.165, 1.54) is 12.5 Å². The predicted octanol–water partition coefficient (Wildman–Crippen LogP) is 2.60. The summed E-state index contributed by atoms with van der Waals surface area (Å²) in [5.74, 6) is -0.448. The Labute approximate surface area is 188 Å². The molecule has 1 saturated heterocycles. The minimum absolute atomic E-state index is 0.220. The van der Waals surface area contributed by atoms with Crippen molar-refractivity contribution in [2.45, 2.75) is 25.9 Å². The summed E-state index contributed by atoms with van der Waals surface area (Å²) in [5, 5.41) is 6.87. The normalized spacial score (nSPS) is 16.1. The van der Waals surface area contributed by atoms with E-state index in [1.54, 1.807) is 0 Å². The van der Waals surface area contributed by atoms with Crippen molar-refractivity contribution in [3.63, 3.8) is 0 Å². The van der Waals surface area contributed by atoms with Crippen molar-refractivity contribution < 1.29 is 9.59 Å². The van der Waals surface area contributed by atoms with Crippen LogP contribution in [0.3, 0.4) is 0 Å². The maximum atomic E-state index is 13.1. The highest BCUT2D eigenvalue weighted by molar-refractivity contribution is 5.97. The van der Waals surface area contributed by atoms with Crippen LogP contribution in [0, 0.1) is 0 Å². The molecule has 1 atom stereocenters. The van der Waals surface area contributed by atoms with E-state index < -0.39 is 6.04 Å². The quantitative estimate of drug-likeness (QED) is 0.535. The van der Waals surface area contributed by atoms with Crippen LogP contribution in [0.2, 0.25) is 0 Å². The first-order valence-electron chi connectivity index (χ1n) is 11.1. The number of hydrogen-bond acceptors (Lipinski definition) is 4. The second-order valence-electron chi connectivity index (χ2n) is 8.59. The molecule has 1 fully saturated rings. The largest absolute Gasteiger partial charge is 0.361 e. The number of para-hydroxylation sites is 1. The Morgan fingerprint density at radius 2 is 1.84 bits per heavy atom. The van der Waals surface area contributed by atoms with Gasteiger partial charge in [-0.25, -0.2) is 0 Å². The van der Waals surface area contributed by atoms with Crippen molar-refractivity contribution in [1.82, 2.24) is 20.1 Å². The van der Waals surface area contributed by atoms with Gasteiger partial charge in [0.1, 0.15) is 6.04 Å². The molecule has 7 nitrogen and oxygen atoms in total. The number of piperazine rings is 1. The van der Waals surface area contributed by atoms with Gasteiger partial charge in [0.25, 0.3) is 0 Å². The van der Waals surface area contributed by atoms with E-state index >= 15 is 0 Å². The summed E-state index contributed by atoms with van der Waals surface area (Å²) in [5.41, 5.74) is 3.93. The molecule has 0 aliphatic carbocycles. The molecular weight excluding hydrogens is 402 g/mol. The number of likely N-dealkylation sites (N-methyl/N-ethyl adjacent to an activating group) is 1. The minimum Gasteiger partial charge on any atom is -0.361 e. The summed E-state index contributed by atoms with van der Waals surface area (Å²) in [4.78, 5) is 32.9. The zero-order valence-corrected chi connectivity index (χ0v) is 18.7. The SMILES string of the molecule is CC(=O)NC(Cc1c[nH]c2ccccc12)C(=O)Nc1cccc(CN2CCN(C)CC2)c1. The second-order valence-corrected chi connectivity index (χ2v) is 8.59. The number of H-pyrrole nitrogens is 1. The fraction of sp³-hybridized carbons (Fsp3) is 0.360. The smallest absolute Gasteiger partial charge is 0.247 e. The van der Waals surface area contributed by atoms with E-state index in [0.717, 1.165) is 54.9 Å². The molecule has 32 heavy (non-hydrogen) atoms. The van der Waals surface area contributed by atoms with Gasteiger partial charge < -0.3 is 20.5 Å². The standard InChI is InChI=1S/C25H31N5O2/c1-18(31)27-24(15-20-16-26-23-9-4-3-8-22(20)23)25(32)28-21-7-5-6-19(14-21)17-30-12-10-29(2)11-13-30/h3-9,14,16,24,26H,10-13,15,17H2,1-2H3,(H,27,31)(H,28,32). The molecule has 2 heterocycles. The van der Waals surface area contributed by atoms with E-state index in [4.69, 9.17) is 0 Å². The summed E-state index contributed by atoms with van der Waals surface area (Å²) in [7, 11) is 2.15. The van der Waals surface area contributed by atoms with Gasteiger partial charge in [0.2, 0.25) is 11.8 Å². The van der Waals surface area contributed by atoms with Crippen LogP contribution >= 0.6 is 0 Å². The number of benzene rings is 2. The molecule has 4 rings (SSSR count). The van der Waals surface area contributed by atoms with Gasteiger partial charge >= 0.3 is 0 Å². The van der Waals surface area contributed by atoms with E-state index in [1.807, 2.05) is 48.7 Å². The number of anilines is 1. The third kappa shape index (κ3) is 5.55. The monoisotopic (exact) mass is 433 g/mol. The van der Waals surface area contributed by atoms with Gasteiger partial charge in [0, 0.05) is 68.9 Å². The summed E-state index contributed by atoms with van der Waals surface area (Å²) in [6.07, 6.45) is 2.32. The molecule has 168 valence electrons. The third-order valence-electron chi connectivity index (χ3n) is 5.99. The zero-order valence-electron chi connectivity index (χ0n) is 18.7. The number of aromatic nitrogens is 1. The lowest BCUT2D eigenvalue weighted by Gasteiger charge is -2.32. The van der Waals surface area contributed by atoms with Gasteiger partial charge in [-0.2, -0.15) is 0 Å². The van der Waals surface area contributed by atoms with Crippen LogP contribution in [0.4, 0.5) is 5.69 Å². The number of carbonyl (C=O) groups excluding carboxylic acids is 2. The van der Waals surface area contributed by atoms with Gasteiger partial charge in [-0.15, -0.1) is 0 Å². The van der Waals surface area contributed by atoms with Gasteiger partial charge in [0.15, 0.2) is 0 Å². The van der Waals surface area contributed by atoms with Crippen molar-refractivity contribution in [2.24, 2.45) is 0 Å². The number of hydrogen-bond donors (Lipinski definition) is 3. The highest BCUT2D eigenvalue weighted by Gasteiger charge is 2.22. The number of rotatable bonds is 7. The highest BCUT2D eigenvalue weighted by Crippen LogP contribution is 2.20. The second kappa shape index (κ2) is 9.97. The predicted molar refractivity (Wildman–Crippen MR) is 127 cm³/mol. The number of nitrogens with zero attached hydrogens (tertiary/aromatic N) is 2. The van der Waals surface area contributed by atoms with Crippen LogP contribution in [0.5, 0.6) is 0 Å². The van der Waals surface area contributed by atoms with Gasteiger partial charge in [-0.3, -0.25) is 14.5 Å². The number of aromatic amines is 1. The Kier molecular flexibility index (Phi) is 6.87. The van der Waals surface area contributed by atoms with Crippen molar-refractivity contribution in [1.29, 1.82) is 0 Å². The Morgan fingerprint density at radius 1 is 1.06 bits per heavy atom.